The lowest BCUT2D eigenvalue weighted by Crippen LogP contribution is -2.17. The molecule has 1 N–H and O–H groups in total. The van der Waals surface area contributed by atoms with Crippen LogP contribution in [0.4, 0.5) is 0 Å². The van der Waals surface area contributed by atoms with Gasteiger partial charge >= 0.3 is 0 Å². The van der Waals surface area contributed by atoms with Crippen LogP contribution >= 0.6 is 0 Å². The maximum Gasteiger partial charge on any atom is 0.274 e. The Hall–Kier alpha value is -3.34. The molecule has 1 amide bonds. The van der Waals surface area contributed by atoms with E-state index in [1.807, 2.05) is 54.6 Å². The van der Waals surface area contributed by atoms with Crippen LogP contribution in [0.25, 0.3) is 0 Å². The van der Waals surface area contributed by atoms with Crippen LogP contribution in [0, 0.1) is 6.92 Å². The van der Waals surface area contributed by atoms with Crippen LogP contribution < -0.4 is 10.2 Å². The number of amides is 1. The fourth-order valence-electron chi connectivity index (χ4n) is 2.27. The summed E-state index contributed by atoms with van der Waals surface area (Å²) in [6.07, 6.45) is 3.05. The van der Waals surface area contributed by atoms with E-state index in [1.54, 1.807) is 19.2 Å². The average molecular weight is 334 g/mol. The molecule has 0 saturated carbocycles. The lowest BCUT2D eigenvalue weighted by molar-refractivity contribution is 0.0953. The molecule has 5 heteroatoms. The molecule has 3 rings (SSSR count). The number of ether oxygens (including phenoxy) is 1. The molecule has 0 fully saturated rings. The molecule has 0 aliphatic carbocycles. The number of carbonyl (C=O) groups is 1. The topological polar surface area (TPSA) is 63.8 Å². The first-order valence-corrected chi connectivity index (χ1v) is 7.86. The van der Waals surface area contributed by atoms with Gasteiger partial charge in [0, 0.05) is 0 Å². The molecule has 3 aromatic rings. The minimum absolute atomic E-state index is 0.306. The Morgan fingerprint density at radius 1 is 1.16 bits per heavy atom. The van der Waals surface area contributed by atoms with Gasteiger partial charge in [-0.15, -0.1) is 0 Å². The maximum atomic E-state index is 11.9. The van der Waals surface area contributed by atoms with E-state index in [4.69, 9.17) is 9.15 Å². The Balaban J connectivity index is 1.58. The number of hydrogen-bond acceptors (Lipinski definition) is 4. The molecule has 0 saturated heterocycles. The third-order valence-electron chi connectivity index (χ3n) is 3.59. The Morgan fingerprint density at radius 3 is 2.76 bits per heavy atom. The van der Waals surface area contributed by atoms with E-state index >= 15 is 0 Å². The first-order chi connectivity index (χ1) is 12.2. The summed E-state index contributed by atoms with van der Waals surface area (Å²) in [7, 11) is 0. The highest BCUT2D eigenvalue weighted by Crippen LogP contribution is 2.14. The summed E-state index contributed by atoms with van der Waals surface area (Å²) in [6.45, 7) is 2.23. The van der Waals surface area contributed by atoms with Gasteiger partial charge in [-0.25, -0.2) is 5.43 Å². The lowest BCUT2D eigenvalue weighted by Gasteiger charge is -2.06. The summed E-state index contributed by atoms with van der Waals surface area (Å²) in [5.74, 6) is 0.993. The Labute approximate surface area is 145 Å². The molecule has 0 aliphatic rings. The monoisotopic (exact) mass is 334 g/mol. The second-order valence-electron chi connectivity index (χ2n) is 5.44. The maximum absolute atomic E-state index is 11.9. The zero-order valence-corrected chi connectivity index (χ0v) is 13.8. The number of nitrogens with one attached hydrogen (secondary N) is 1. The molecule has 1 heterocycles. The Bertz CT molecular complexity index is 869. The number of carbonyl (C=O) groups excluding carboxylic acids is 1. The number of benzene rings is 2. The van der Waals surface area contributed by atoms with Gasteiger partial charge in [0.05, 0.1) is 18.0 Å². The molecular weight excluding hydrogens is 316 g/mol. The van der Waals surface area contributed by atoms with Gasteiger partial charge in [-0.05, 0) is 36.2 Å². The highest BCUT2D eigenvalue weighted by atomic mass is 16.5. The van der Waals surface area contributed by atoms with E-state index in [9.17, 15) is 4.79 Å². The van der Waals surface area contributed by atoms with Crippen molar-refractivity contribution in [2.45, 2.75) is 13.5 Å². The first kappa shape index (κ1) is 16.5. The number of rotatable bonds is 6. The van der Waals surface area contributed by atoms with Crippen LogP contribution in [0.2, 0.25) is 0 Å². The molecule has 0 aliphatic heterocycles. The minimum atomic E-state index is -0.306. The summed E-state index contributed by atoms with van der Waals surface area (Å²) in [5, 5.41) is 3.98. The molecule has 0 atom stereocenters. The number of nitrogens with zero attached hydrogens (tertiary/aromatic N) is 1. The second kappa shape index (κ2) is 7.97. The fraction of sp³-hybridized carbons (Fsp3) is 0.100. The molecule has 0 bridgehead atoms. The van der Waals surface area contributed by atoms with Crippen molar-refractivity contribution in [2.75, 3.05) is 0 Å². The molecule has 2 aromatic carbocycles. The van der Waals surface area contributed by atoms with Crippen molar-refractivity contribution in [1.29, 1.82) is 0 Å². The van der Waals surface area contributed by atoms with Gasteiger partial charge in [0.2, 0.25) is 0 Å². The van der Waals surface area contributed by atoms with Crippen molar-refractivity contribution in [3.63, 3.8) is 0 Å². The van der Waals surface area contributed by atoms with E-state index in [0.717, 1.165) is 16.9 Å². The number of aryl methyl sites for hydroxylation is 1. The largest absolute Gasteiger partial charge is 0.489 e. The number of hydrazone groups is 1. The third kappa shape index (κ3) is 4.57. The number of hydrogen-bond donors (Lipinski definition) is 1. The molecule has 5 nitrogen and oxygen atoms in total. The van der Waals surface area contributed by atoms with Crippen LogP contribution in [-0.2, 0) is 6.61 Å². The lowest BCUT2D eigenvalue weighted by atomic mass is 10.2. The van der Waals surface area contributed by atoms with Crippen molar-refractivity contribution < 1.29 is 13.9 Å². The zero-order chi connectivity index (χ0) is 17.5. The minimum Gasteiger partial charge on any atom is -0.489 e. The molecule has 25 heavy (non-hydrogen) atoms. The van der Waals surface area contributed by atoms with Crippen LogP contribution in [0.3, 0.4) is 0 Å². The Kier molecular flexibility index (Phi) is 5.26. The molecule has 0 radical (unpaired) electrons. The van der Waals surface area contributed by atoms with Gasteiger partial charge in [-0.1, -0.05) is 42.5 Å². The van der Waals surface area contributed by atoms with Crippen molar-refractivity contribution in [2.24, 2.45) is 5.10 Å². The van der Waals surface area contributed by atoms with Gasteiger partial charge < -0.3 is 9.15 Å². The van der Waals surface area contributed by atoms with E-state index in [0.29, 0.717) is 17.9 Å². The van der Waals surface area contributed by atoms with E-state index in [-0.39, 0.29) is 5.91 Å². The quantitative estimate of drug-likeness (QED) is 0.549. The van der Waals surface area contributed by atoms with Crippen LogP contribution in [0.15, 0.2) is 76.4 Å². The standard InChI is InChI=1S/C20H18N2O3/c1-15-19(10-11-24-15)20(23)22-21-13-17-8-5-9-18(12-17)25-14-16-6-3-2-4-7-16/h2-13H,14H2,1H3,(H,22,23)/b21-13-. The normalized spacial score (nSPS) is 10.8. The summed E-state index contributed by atoms with van der Waals surface area (Å²) in [6, 6.07) is 19.1. The Morgan fingerprint density at radius 2 is 2.00 bits per heavy atom. The van der Waals surface area contributed by atoms with Crippen molar-refractivity contribution in [3.8, 4) is 5.75 Å². The van der Waals surface area contributed by atoms with Crippen molar-refractivity contribution >= 4 is 12.1 Å². The molecule has 0 unspecified atom stereocenters. The number of furan rings is 1. The van der Waals surface area contributed by atoms with E-state index in [2.05, 4.69) is 10.5 Å². The molecule has 1 aromatic heterocycles. The second-order valence-corrected chi connectivity index (χ2v) is 5.44. The predicted octanol–water partition coefficient (Wildman–Crippen LogP) is 3.93. The van der Waals surface area contributed by atoms with E-state index in [1.165, 1.54) is 6.26 Å². The fourth-order valence-corrected chi connectivity index (χ4v) is 2.27. The van der Waals surface area contributed by atoms with Crippen LogP contribution in [-0.4, -0.2) is 12.1 Å². The summed E-state index contributed by atoms with van der Waals surface area (Å²) in [5.41, 5.74) is 4.88. The summed E-state index contributed by atoms with van der Waals surface area (Å²) in [4.78, 5) is 11.9. The van der Waals surface area contributed by atoms with Gasteiger partial charge in [0.1, 0.15) is 18.1 Å². The van der Waals surface area contributed by atoms with Crippen molar-refractivity contribution in [3.05, 3.63) is 89.4 Å². The first-order valence-electron chi connectivity index (χ1n) is 7.86. The highest BCUT2D eigenvalue weighted by Gasteiger charge is 2.09. The van der Waals surface area contributed by atoms with Crippen molar-refractivity contribution in [1.82, 2.24) is 5.43 Å². The molecule has 0 spiro atoms. The van der Waals surface area contributed by atoms with Gasteiger partial charge in [0.15, 0.2) is 0 Å². The third-order valence-corrected chi connectivity index (χ3v) is 3.59. The average Bonchev–Trinajstić information content (AvgIpc) is 3.07. The van der Waals surface area contributed by atoms with Gasteiger partial charge in [-0.2, -0.15) is 5.10 Å². The van der Waals surface area contributed by atoms with Crippen LogP contribution in [0.1, 0.15) is 27.2 Å². The smallest absolute Gasteiger partial charge is 0.274 e. The van der Waals surface area contributed by atoms with Crippen LogP contribution in [0.5, 0.6) is 5.75 Å². The summed E-state index contributed by atoms with van der Waals surface area (Å²) < 4.78 is 10.9. The molecule has 126 valence electrons. The SMILES string of the molecule is Cc1occc1C(=O)N/N=C\c1cccc(OCc2ccccc2)c1. The van der Waals surface area contributed by atoms with Gasteiger partial charge in [-0.3, -0.25) is 4.79 Å². The van der Waals surface area contributed by atoms with Gasteiger partial charge in [0.25, 0.3) is 5.91 Å². The predicted molar refractivity (Wildman–Crippen MR) is 95.7 cm³/mol. The highest BCUT2D eigenvalue weighted by molar-refractivity contribution is 5.95. The summed E-state index contributed by atoms with van der Waals surface area (Å²) >= 11 is 0. The zero-order valence-electron chi connectivity index (χ0n) is 13.8. The molecular formula is C20H18N2O3. The van der Waals surface area contributed by atoms with E-state index < -0.39 is 0 Å².